The van der Waals surface area contributed by atoms with E-state index >= 15 is 0 Å². The molecule has 0 aliphatic heterocycles. The summed E-state index contributed by atoms with van der Waals surface area (Å²) >= 11 is 0. The van der Waals surface area contributed by atoms with E-state index in [9.17, 15) is 18.4 Å². The van der Waals surface area contributed by atoms with Crippen LogP contribution in [0.15, 0.2) is 54.6 Å². The number of halogens is 2. The molecule has 3 aromatic carbocycles. The van der Waals surface area contributed by atoms with E-state index in [4.69, 9.17) is 15.6 Å². The molecule has 0 saturated heterocycles. The van der Waals surface area contributed by atoms with Gasteiger partial charge in [0.15, 0.2) is 0 Å². The molecule has 0 atom stereocenters. The Balaban J connectivity index is 2.07. The molecule has 4 aromatic rings. The SMILES string of the molecule is NC(=O)c1cccc2c1c1c(OC(=O)CO)cccc1n2Cc1c(F)cccc1F. The fraction of sp³-hybridized carbons (Fsp3) is 0.0909. The number of fused-ring (bicyclic) bond motifs is 3. The minimum Gasteiger partial charge on any atom is -0.424 e. The summed E-state index contributed by atoms with van der Waals surface area (Å²) in [5.41, 5.74) is 6.51. The number of carbonyl (C=O) groups excluding carboxylic acids is 2. The Morgan fingerprint density at radius 1 is 0.933 bits per heavy atom. The molecule has 1 amide bonds. The van der Waals surface area contributed by atoms with E-state index in [1.165, 1.54) is 18.2 Å². The second-order valence-electron chi connectivity index (χ2n) is 6.63. The molecule has 0 unspecified atom stereocenters. The number of hydrogen-bond acceptors (Lipinski definition) is 4. The number of benzene rings is 3. The first-order chi connectivity index (χ1) is 14.4. The van der Waals surface area contributed by atoms with Crippen LogP contribution < -0.4 is 10.5 Å². The van der Waals surface area contributed by atoms with Crippen molar-refractivity contribution in [2.45, 2.75) is 6.54 Å². The van der Waals surface area contributed by atoms with Gasteiger partial charge in [0, 0.05) is 16.5 Å². The van der Waals surface area contributed by atoms with E-state index < -0.39 is 30.1 Å². The highest BCUT2D eigenvalue weighted by atomic mass is 19.1. The Morgan fingerprint density at radius 3 is 2.17 bits per heavy atom. The minimum absolute atomic E-state index is 0.0954. The average Bonchev–Trinajstić information content (AvgIpc) is 3.05. The van der Waals surface area contributed by atoms with Crippen LogP contribution >= 0.6 is 0 Å². The highest BCUT2D eigenvalue weighted by Gasteiger charge is 2.22. The zero-order valence-electron chi connectivity index (χ0n) is 15.6. The molecule has 0 bridgehead atoms. The van der Waals surface area contributed by atoms with E-state index in [1.807, 2.05) is 0 Å². The molecule has 1 heterocycles. The van der Waals surface area contributed by atoms with Gasteiger partial charge in [-0.05, 0) is 36.4 Å². The van der Waals surface area contributed by atoms with Gasteiger partial charge in [-0.1, -0.05) is 18.2 Å². The fourth-order valence-corrected chi connectivity index (χ4v) is 3.61. The summed E-state index contributed by atoms with van der Waals surface area (Å²) in [6, 6.07) is 13.2. The molecule has 8 heteroatoms. The lowest BCUT2D eigenvalue weighted by atomic mass is 10.1. The first-order valence-corrected chi connectivity index (χ1v) is 9.00. The summed E-state index contributed by atoms with van der Waals surface area (Å²) in [6.07, 6.45) is 0. The minimum atomic E-state index is -0.889. The molecule has 0 spiro atoms. The summed E-state index contributed by atoms with van der Waals surface area (Å²) in [5.74, 6) is -2.92. The molecule has 0 fully saturated rings. The maximum Gasteiger partial charge on any atom is 0.337 e. The summed E-state index contributed by atoms with van der Waals surface area (Å²) in [4.78, 5) is 23.8. The van der Waals surface area contributed by atoms with Gasteiger partial charge >= 0.3 is 5.97 Å². The molecule has 0 saturated carbocycles. The first kappa shape index (κ1) is 19.5. The number of esters is 1. The molecule has 3 N–H and O–H groups in total. The van der Waals surface area contributed by atoms with Crippen molar-refractivity contribution in [1.29, 1.82) is 0 Å². The summed E-state index contributed by atoms with van der Waals surface area (Å²) < 4.78 is 35.5. The number of nitrogens with two attached hydrogens (primary N) is 1. The van der Waals surface area contributed by atoms with Gasteiger partial charge in [-0.15, -0.1) is 0 Å². The number of aromatic nitrogens is 1. The third-order valence-corrected chi connectivity index (χ3v) is 4.87. The number of nitrogens with zero attached hydrogens (tertiary/aromatic N) is 1. The zero-order valence-corrected chi connectivity index (χ0v) is 15.6. The Labute approximate surface area is 169 Å². The number of aliphatic hydroxyl groups excluding tert-OH is 1. The fourth-order valence-electron chi connectivity index (χ4n) is 3.61. The van der Waals surface area contributed by atoms with Crippen LogP contribution in [0.5, 0.6) is 5.75 Å². The Morgan fingerprint density at radius 2 is 1.53 bits per heavy atom. The lowest BCUT2D eigenvalue weighted by molar-refractivity contribution is -0.137. The van der Waals surface area contributed by atoms with E-state index in [0.717, 1.165) is 12.1 Å². The standard InChI is InChI=1S/C22H16F2N2O4/c23-14-5-2-6-15(24)13(14)10-26-16-7-1-4-12(22(25)29)20(16)21-17(26)8-3-9-18(21)30-19(28)11-27/h1-9,27H,10-11H2,(H2,25,29). The molecule has 0 aliphatic rings. The third kappa shape index (κ3) is 3.17. The zero-order chi connectivity index (χ0) is 21.4. The van der Waals surface area contributed by atoms with Crippen LogP contribution in [0.2, 0.25) is 0 Å². The first-order valence-electron chi connectivity index (χ1n) is 9.00. The molecule has 152 valence electrons. The van der Waals surface area contributed by atoms with E-state index in [-0.39, 0.29) is 23.4 Å². The number of primary amides is 1. The van der Waals surface area contributed by atoms with Crippen molar-refractivity contribution < 1.29 is 28.2 Å². The number of amides is 1. The number of rotatable bonds is 5. The predicted molar refractivity (Wildman–Crippen MR) is 106 cm³/mol. The van der Waals surface area contributed by atoms with Crippen molar-refractivity contribution in [3.8, 4) is 5.75 Å². The van der Waals surface area contributed by atoms with Gasteiger partial charge in [0.2, 0.25) is 5.91 Å². The average molecular weight is 410 g/mol. The Kier molecular flexibility index (Phi) is 4.93. The molecule has 0 radical (unpaired) electrons. The highest BCUT2D eigenvalue weighted by molar-refractivity contribution is 6.20. The van der Waals surface area contributed by atoms with Crippen LogP contribution in [0.4, 0.5) is 8.78 Å². The quantitative estimate of drug-likeness (QED) is 0.390. The van der Waals surface area contributed by atoms with Crippen molar-refractivity contribution in [3.05, 3.63) is 77.4 Å². The smallest absolute Gasteiger partial charge is 0.337 e. The second kappa shape index (κ2) is 7.57. The highest BCUT2D eigenvalue weighted by Crippen LogP contribution is 2.38. The van der Waals surface area contributed by atoms with Crippen LogP contribution in [0.3, 0.4) is 0 Å². The van der Waals surface area contributed by atoms with Gasteiger partial charge in [-0.25, -0.2) is 13.6 Å². The van der Waals surface area contributed by atoms with Crippen molar-refractivity contribution in [2.24, 2.45) is 5.73 Å². The van der Waals surface area contributed by atoms with E-state index in [2.05, 4.69) is 0 Å². The van der Waals surface area contributed by atoms with Crippen molar-refractivity contribution >= 4 is 33.7 Å². The van der Waals surface area contributed by atoms with Crippen LogP contribution in [-0.2, 0) is 11.3 Å². The topological polar surface area (TPSA) is 94.6 Å². The van der Waals surface area contributed by atoms with Gasteiger partial charge < -0.3 is 20.1 Å². The van der Waals surface area contributed by atoms with Gasteiger partial charge in [0.1, 0.15) is 24.0 Å². The normalized spacial score (nSPS) is 11.2. The Bertz CT molecular complexity index is 1290. The van der Waals surface area contributed by atoms with Crippen molar-refractivity contribution in [1.82, 2.24) is 4.57 Å². The number of carbonyl (C=O) groups is 2. The Hall–Kier alpha value is -3.78. The molecule has 30 heavy (non-hydrogen) atoms. The van der Waals surface area contributed by atoms with Crippen LogP contribution in [0.1, 0.15) is 15.9 Å². The van der Waals surface area contributed by atoms with Crippen LogP contribution in [0.25, 0.3) is 21.8 Å². The van der Waals surface area contributed by atoms with Gasteiger partial charge in [-0.3, -0.25) is 4.79 Å². The van der Waals surface area contributed by atoms with Crippen LogP contribution in [-0.4, -0.2) is 28.2 Å². The summed E-state index contributed by atoms with van der Waals surface area (Å²) in [7, 11) is 0. The molecule has 1 aromatic heterocycles. The molecule has 6 nitrogen and oxygen atoms in total. The van der Waals surface area contributed by atoms with Gasteiger partial charge in [-0.2, -0.15) is 0 Å². The predicted octanol–water partition coefficient (Wildman–Crippen LogP) is 3.12. The lowest BCUT2D eigenvalue weighted by Crippen LogP contribution is -2.13. The number of hydrogen-bond donors (Lipinski definition) is 2. The largest absolute Gasteiger partial charge is 0.424 e. The van der Waals surface area contributed by atoms with E-state index in [1.54, 1.807) is 28.8 Å². The molecule has 4 rings (SSSR count). The monoisotopic (exact) mass is 410 g/mol. The maximum absolute atomic E-state index is 14.3. The van der Waals surface area contributed by atoms with Gasteiger partial charge in [0.05, 0.1) is 23.0 Å². The van der Waals surface area contributed by atoms with Crippen molar-refractivity contribution in [3.63, 3.8) is 0 Å². The lowest BCUT2D eigenvalue weighted by Gasteiger charge is -2.10. The summed E-state index contributed by atoms with van der Waals surface area (Å²) in [5, 5.41) is 9.81. The maximum atomic E-state index is 14.3. The molecule has 0 aliphatic carbocycles. The number of aliphatic hydroxyl groups is 1. The van der Waals surface area contributed by atoms with Crippen LogP contribution in [0, 0.1) is 11.6 Å². The molecular formula is C22H16F2N2O4. The third-order valence-electron chi connectivity index (χ3n) is 4.87. The van der Waals surface area contributed by atoms with Crippen molar-refractivity contribution in [2.75, 3.05) is 6.61 Å². The van der Waals surface area contributed by atoms with Gasteiger partial charge in [0.25, 0.3) is 0 Å². The van der Waals surface area contributed by atoms with E-state index in [0.29, 0.717) is 21.8 Å². The number of ether oxygens (including phenoxy) is 1. The molecular weight excluding hydrogens is 394 g/mol. The second-order valence-corrected chi connectivity index (χ2v) is 6.63. The summed E-state index contributed by atoms with van der Waals surface area (Å²) in [6.45, 7) is -1.00.